The van der Waals surface area contributed by atoms with Gasteiger partial charge in [0.2, 0.25) is 0 Å². The zero-order valence-electron chi connectivity index (χ0n) is 4.48. The lowest BCUT2D eigenvalue weighted by molar-refractivity contribution is 0.596. The lowest BCUT2D eigenvalue weighted by Crippen LogP contribution is -2.16. The van der Waals surface area contributed by atoms with Gasteiger partial charge in [-0.3, -0.25) is 0 Å². The van der Waals surface area contributed by atoms with Gasteiger partial charge in [0.1, 0.15) is 0 Å². The molecule has 2 heteroatoms. The minimum absolute atomic E-state index is 0.764. The Bertz CT molecular complexity index is 48.0. The van der Waals surface area contributed by atoms with Crippen LogP contribution in [0.4, 0.5) is 0 Å². The van der Waals surface area contributed by atoms with Crippen molar-refractivity contribution >= 4 is 0 Å². The van der Waals surface area contributed by atoms with Crippen molar-refractivity contribution in [3.63, 3.8) is 0 Å². The van der Waals surface area contributed by atoms with Crippen molar-refractivity contribution in [1.29, 1.82) is 0 Å². The van der Waals surface area contributed by atoms with E-state index in [1.54, 1.807) is 0 Å². The van der Waals surface area contributed by atoms with Crippen LogP contribution in [-0.2, 0) is 0 Å². The minimum Gasteiger partial charge on any atom is -0.330 e. The molecule has 0 spiro atoms. The summed E-state index contributed by atoms with van der Waals surface area (Å²) in [7, 11) is 0. The first kappa shape index (κ1) is 5.06. The summed E-state index contributed by atoms with van der Waals surface area (Å²) < 4.78 is 0. The van der Waals surface area contributed by atoms with Crippen LogP contribution in [0, 0.1) is 5.92 Å². The molecule has 0 aliphatic carbocycles. The molecule has 1 rings (SSSR count). The summed E-state index contributed by atoms with van der Waals surface area (Å²) in [6, 6.07) is 0. The third-order valence-electron chi connectivity index (χ3n) is 1.50. The van der Waals surface area contributed by atoms with Gasteiger partial charge in [0.05, 0.1) is 0 Å². The van der Waals surface area contributed by atoms with Gasteiger partial charge in [-0.2, -0.15) is 0 Å². The third-order valence-corrected chi connectivity index (χ3v) is 1.50. The Morgan fingerprint density at radius 3 is 2.86 bits per heavy atom. The smallest absolute Gasteiger partial charge is 0.000798 e. The first-order chi connectivity index (χ1) is 3.43. The number of nitrogens with two attached hydrogens (primary N) is 1. The summed E-state index contributed by atoms with van der Waals surface area (Å²) in [6.45, 7) is 3.16. The molecule has 0 unspecified atom stereocenters. The largest absolute Gasteiger partial charge is 0.330 e. The average molecular weight is 100 g/mol. The maximum absolute atomic E-state index is 5.39. The number of rotatable bonds is 1. The molecule has 0 aromatic rings. The van der Waals surface area contributed by atoms with Crippen molar-refractivity contribution in [2.75, 3.05) is 19.6 Å². The molecule has 7 heavy (non-hydrogen) atoms. The summed E-state index contributed by atoms with van der Waals surface area (Å²) in [6.07, 6.45) is 1.27. The second-order valence-electron chi connectivity index (χ2n) is 2.09. The van der Waals surface area contributed by atoms with Crippen LogP contribution < -0.4 is 11.1 Å². The quantitative estimate of drug-likeness (QED) is 0.468. The molecule has 1 aliphatic heterocycles. The molecule has 42 valence electrons. The maximum atomic E-state index is 5.39. The summed E-state index contributed by atoms with van der Waals surface area (Å²) in [4.78, 5) is 0. The molecular formula is C5H12N2. The highest BCUT2D eigenvalue weighted by Crippen LogP contribution is 2.02. The molecule has 1 heterocycles. The van der Waals surface area contributed by atoms with Crippen LogP contribution in [0.1, 0.15) is 6.42 Å². The molecule has 1 fully saturated rings. The lowest BCUT2D eigenvalue weighted by atomic mass is 10.1. The first-order valence-electron chi connectivity index (χ1n) is 2.84. The summed E-state index contributed by atoms with van der Waals surface area (Å²) in [5.74, 6) is 0.764. The van der Waals surface area contributed by atoms with Gasteiger partial charge in [0.25, 0.3) is 0 Å². The lowest BCUT2D eigenvalue weighted by Gasteiger charge is -1.98. The van der Waals surface area contributed by atoms with Gasteiger partial charge in [-0.15, -0.1) is 0 Å². The SMILES string of the molecule is NC[C@H]1CCNC1. The molecule has 3 N–H and O–H groups in total. The van der Waals surface area contributed by atoms with Crippen LogP contribution >= 0.6 is 0 Å². The molecule has 1 aliphatic rings. The first-order valence-corrected chi connectivity index (χ1v) is 2.84. The Morgan fingerprint density at radius 1 is 1.71 bits per heavy atom. The molecule has 0 aromatic heterocycles. The fourth-order valence-electron chi connectivity index (χ4n) is 0.916. The van der Waals surface area contributed by atoms with Crippen LogP contribution in [0.5, 0.6) is 0 Å². The van der Waals surface area contributed by atoms with Crippen LogP contribution in [0.2, 0.25) is 0 Å². The van der Waals surface area contributed by atoms with E-state index < -0.39 is 0 Å². The molecule has 1 atom stereocenters. The van der Waals surface area contributed by atoms with E-state index in [1.165, 1.54) is 13.0 Å². The molecule has 0 aromatic carbocycles. The van der Waals surface area contributed by atoms with Gasteiger partial charge >= 0.3 is 0 Å². The normalized spacial score (nSPS) is 31.3. The molecular weight excluding hydrogens is 88.1 g/mol. The van der Waals surface area contributed by atoms with E-state index in [0.29, 0.717) is 0 Å². The Morgan fingerprint density at radius 2 is 2.57 bits per heavy atom. The maximum Gasteiger partial charge on any atom is -0.000798 e. The molecule has 0 amide bonds. The highest BCUT2D eigenvalue weighted by molar-refractivity contribution is 4.70. The molecule has 0 bridgehead atoms. The fraction of sp³-hybridized carbons (Fsp3) is 1.00. The monoisotopic (exact) mass is 100 g/mol. The highest BCUT2D eigenvalue weighted by Gasteiger charge is 2.10. The van der Waals surface area contributed by atoms with Crippen molar-refractivity contribution in [2.24, 2.45) is 11.7 Å². The highest BCUT2D eigenvalue weighted by atomic mass is 14.9. The third kappa shape index (κ3) is 1.14. The summed E-state index contributed by atoms with van der Waals surface area (Å²) >= 11 is 0. The van der Waals surface area contributed by atoms with E-state index in [2.05, 4.69) is 5.32 Å². The second-order valence-corrected chi connectivity index (χ2v) is 2.09. The predicted octanol–water partition coefficient (Wildman–Crippen LogP) is -0.445. The standard InChI is InChI=1S/C5H12N2/c6-3-5-1-2-7-4-5/h5,7H,1-4,6H2/t5-/m1/s1. The summed E-state index contributed by atoms with van der Waals surface area (Å²) in [5, 5.41) is 3.24. The minimum atomic E-state index is 0.764. The zero-order chi connectivity index (χ0) is 5.11. The van der Waals surface area contributed by atoms with Crippen LogP contribution in [0.15, 0.2) is 0 Å². The summed E-state index contributed by atoms with van der Waals surface area (Å²) in [5.41, 5.74) is 5.39. The zero-order valence-corrected chi connectivity index (χ0v) is 4.48. The van der Waals surface area contributed by atoms with E-state index in [1.807, 2.05) is 0 Å². The predicted molar refractivity (Wildman–Crippen MR) is 30.0 cm³/mol. The van der Waals surface area contributed by atoms with Crippen LogP contribution in [-0.4, -0.2) is 19.6 Å². The van der Waals surface area contributed by atoms with Crippen molar-refractivity contribution in [1.82, 2.24) is 5.32 Å². The topological polar surface area (TPSA) is 38.0 Å². The Balaban J connectivity index is 2.14. The second kappa shape index (κ2) is 2.28. The van der Waals surface area contributed by atoms with E-state index >= 15 is 0 Å². The van der Waals surface area contributed by atoms with Crippen molar-refractivity contribution in [2.45, 2.75) is 6.42 Å². The van der Waals surface area contributed by atoms with E-state index in [4.69, 9.17) is 5.73 Å². The van der Waals surface area contributed by atoms with Gasteiger partial charge in [-0.25, -0.2) is 0 Å². The van der Waals surface area contributed by atoms with Crippen molar-refractivity contribution in [3.8, 4) is 0 Å². The van der Waals surface area contributed by atoms with Crippen molar-refractivity contribution in [3.05, 3.63) is 0 Å². The fourth-order valence-corrected chi connectivity index (χ4v) is 0.916. The molecule has 0 radical (unpaired) electrons. The average Bonchev–Trinajstić information content (AvgIpc) is 2.14. The van der Waals surface area contributed by atoms with Gasteiger partial charge in [-0.1, -0.05) is 0 Å². The molecule has 1 saturated heterocycles. The Kier molecular flexibility index (Phi) is 1.65. The molecule has 2 nitrogen and oxygen atoms in total. The van der Waals surface area contributed by atoms with Gasteiger partial charge in [0, 0.05) is 0 Å². The number of nitrogens with one attached hydrogen (secondary N) is 1. The van der Waals surface area contributed by atoms with Crippen LogP contribution in [0.3, 0.4) is 0 Å². The molecule has 0 saturated carbocycles. The number of hydrogen-bond donors (Lipinski definition) is 2. The van der Waals surface area contributed by atoms with Gasteiger partial charge in [-0.05, 0) is 32.0 Å². The van der Waals surface area contributed by atoms with Gasteiger partial charge < -0.3 is 11.1 Å². The van der Waals surface area contributed by atoms with Gasteiger partial charge in [0.15, 0.2) is 0 Å². The van der Waals surface area contributed by atoms with Crippen LogP contribution in [0.25, 0.3) is 0 Å². The Hall–Kier alpha value is -0.0800. The Labute approximate surface area is 44.1 Å². The van der Waals surface area contributed by atoms with E-state index in [-0.39, 0.29) is 0 Å². The van der Waals surface area contributed by atoms with E-state index in [0.717, 1.165) is 19.0 Å². The van der Waals surface area contributed by atoms with E-state index in [9.17, 15) is 0 Å². The van der Waals surface area contributed by atoms with Crippen molar-refractivity contribution < 1.29 is 0 Å². The number of hydrogen-bond acceptors (Lipinski definition) is 2.